The van der Waals surface area contributed by atoms with Crippen LogP contribution in [0, 0.1) is 0 Å². The molecule has 0 bridgehead atoms. The number of hydrogen-bond donors (Lipinski definition) is 1. The third-order valence-corrected chi connectivity index (χ3v) is 4.26. The first-order chi connectivity index (χ1) is 10.1. The second-order valence-electron chi connectivity index (χ2n) is 5.21. The summed E-state index contributed by atoms with van der Waals surface area (Å²) in [6.07, 6.45) is 0. The molecule has 2 heterocycles. The molecular weight excluding hydrogens is 282 g/mol. The monoisotopic (exact) mass is 299 g/mol. The van der Waals surface area contributed by atoms with Crippen molar-refractivity contribution in [2.75, 3.05) is 12.8 Å². The number of ether oxygens (including phenoxy) is 1. The highest BCUT2D eigenvalue weighted by molar-refractivity contribution is 7.13. The third kappa shape index (κ3) is 2.56. The highest BCUT2D eigenvalue weighted by atomic mass is 32.1. The molecule has 2 aromatic heterocycles. The predicted octanol–water partition coefficient (Wildman–Crippen LogP) is 4.07. The maximum Gasteiger partial charge on any atom is 0.142 e. The van der Waals surface area contributed by atoms with Gasteiger partial charge >= 0.3 is 0 Å². The van der Waals surface area contributed by atoms with Crippen molar-refractivity contribution >= 4 is 27.9 Å². The van der Waals surface area contributed by atoms with Gasteiger partial charge in [-0.15, -0.1) is 11.3 Å². The van der Waals surface area contributed by atoms with Crippen molar-refractivity contribution in [1.82, 2.24) is 9.97 Å². The number of rotatable bonds is 3. The summed E-state index contributed by atoms with van der Waals surface area (Å²) < 4.78 is 5.25. The Morgan fingerprint density at radius 2 is 2.00 bits per heavy atom. The number of nitrogens with two attached hydrogens (primary N) is 1. The van der Waals surface area contributed by atoms with E-state index in [0.29, 0.717) is 11.6 Å². The molecule has 0 unspecified atom stereocenters. The minimum Gasteiger partial charge on any atom is -0.497 e. The van der Waals surface area contributed by atoms with E-state index < -0.39 is 0 Å². The van der Waals surface area contributed by atoms with E-state index in [-0.39, 0.29) is 0 Å². The quantitative estimate of drug-likeness (QED) is 0.792. The molecule has 1 aromatic carbocycles. The molecular formula is C16H17N3OS. The molecule has 3 aromatic rings. The Morgan fingerprint density at radius 3 is 2.67 bits per heavy atom. The fourth-order valence-corrected chi connectivity index (χ4v) is 3.08. The lowest BCUT2D eigenvalue weighted by Crippen LogP contribution is -1.94. The second-order valence-corrected chi connectivity index (χ2v) is 6.07. The number of nitrogen functional groups attached to an aromatic ring is 1. The molecule has 108 valence electrons. The number of pyridine rings is 1. The minimum atomic E-state index is 0.410. The van der Waals surface area contributed by atoms with Gasteiger partial charge in [-0.2, -0.15) is 0 Å². The van der Waals surface area contributed by atoms with Crippen molar-refractivity contribution in [2.45, 2.75) is 19.8 Å². The maximum atomic E-state index is 6.15. The normalized spacial score (nSPS) is 11.2. The molecule has 0 fully saturated rings. The van der Waals surface area contributed by atoms with Crippen molar-refractivity contribution in [3.8, 4) is 16.5 Å². The molecule has 21 heavy (non-hydrogen) atoms. The number of thiazole rings is 1. The zero-order chi connectivity index (χ0) is 15.0. The van der Waals surface area contributed by atoms with E-state index in [1.807, 2.05) is 24.3 Å². The highest BCUT2D eigenvalue weighted by Gasteiger charge is 2.11. The number of aromatic nitrogens is 2. The number of benzene rings is 1. The summed E-state index contributed by atoms with van der Waals surface area (Å²) in [5.74, 6) is 1.18. The number of anilines is 1. The van der Waals surface area contributed by atoms with E-state index in [1.54, 1.807) is 18.4 Å². The van der Waals surface area contributed by atoms with Crippen LogP contribution >= 0.6 is 11.3 Å². The van der Waals surface area contributed by atoms with E-state index in [2.05, 4.69) is 29.2 Å². The summed E-state index contributed by atoms with van der Waals surface area (Å²) >= 11 is 1.60. The molecule has 0 aliphatic rings. The standard InChI is InChI=1S/C16H17N3OS/c1-9(2)15-8-21-16(19-15)14-7-12(17)11-5-4-10(20-3)6-13(11)18-14/h4-9H,1-3H3,(H2,17,18). The van der Waals surface area contributed by atoms with Gasteiger partial charge in [0.1, 0.15) is 16.5 Å². The summed E-state index contributed by atoms with van der Waals surface area (Å²) in [6.45, 7) is 4.26. The number of methoxy groups -OCH3 is 1. The lowest BCUT2D eigenvalue weighted by atomic mass is 10.1. The first-order valence-corrected chi connectivity index (χ1v) is 7.66. The number of fused-ring (bicyclic) bond motifs is 1. The van der Waals surface area contributed by atoms with Gasteiger partial charge in [0, 0.05) is 22.5 Å². The third-order valence-electron chi connectivity index (χ3n) is 3.38. The maximum absolute atomic E-state index is 6.15. The fourth-order valence-electron chi connectivity index (χ4n) is 2.14. The Kier molecular flexibility index (Phi) is 3.51. The predicted molar refractivity (Wildman–Crippen MR) is 87.9 cm³/mol. The number of hydrogen-bond acceptors (Lipinski definition) is 5. The molecule has 4 nitrogen and oxygen atoms in total. The molecule has 0 aliphatic carbocycles. The zero-order valence-electron chi connectivity index (χ0n) is 12.3. The molecule has 3 rings (SSSR count). The molecule has 5 heteroatoms. The minimum absolute atomic E-state index is 0.410. The highest BCUT2D eigenvalue weighted by Crippen LogP contribution is 2.31. The van der Waals surface area contributed by atoms with E-state index in [4.69, 9.17) is 10.5 Å². The van der Waals surface area contributed by atoms with Crippen LogP contribution in [-0.2, 0) is 0 Å². The Morgan fingerprint density at radius 1 is 1.19 bits per heavy atom. The molecule has 0 radical (unpaired) electrons. The van der Waals surface area contributed by atoms with Gasteiger partial charge in [-0.3, -0.25) is 0 Å². The largest absolute Gasteiger partial charge is 0.497 e. The molecule has 0 saturated heterocycles. The van der Waals surface area contributed by atoms with Crippen LogP contribution in [0.4, 0.5) is 5.69 Å². The van der Waals surface area contributed by atoms with Crippen LogP contribution in [0.5, 0.6) is 5.75 Å². The lowest BCUT2D eigenvalue weighted by molar-refractivity contribution is 0.415. The molecule has 0 aliphatic heterocycles. The smallest absolute Gasteiger partial charge is 0.142 e. The summed E-state index contributed by atoms with van der Waals surface area (Å²) in [5, 5.41) is 3.91. The van der Waals surface area contributed by atoms with Crippen molar-refractivity contribution < 1.29 is 4.74 Å². The van der Waals surface area contributed by atoms with Crippen molar-refractivity contribution in [3.05, 3.63) is 35.3 Å². The molecule has 0 amide bonds. The molecule has 0 saturated carbocycles. The summed E-state index contributed by atoms with van der Waals surface area (Å²) in [5.41, 5.74) is 9.58. The molecule has 2 N–H and O–H groups in total. The fraction of sp³-hybridized carbons (Fsp3) is 0.250. The van der Waals surface area contributed by atoms with Crippen LogP contribution in [0.3, 0.4) is 0 Å². The topological polar surface area (TPSA) is 61.0 Å². The van der Waals surface area contributed by atoms with Gasteiger partial charge in [0.25, 0.3) is 0 Å². The summed E-state index contributed by atoms with van der Waals surface area (Å²) in [4.78, 5) is 9.32. The molecule has 0 atom stereocenters. The Balaban J connectivity index is 2.13. The Bertz CT molecular complexity index is 795. The van der Waals surface area contributed by atoms with Gasteiger partial charge < -0.3 is 10.5 Å². The summed E-state index contributed by atoms with van der Waals surface area (Å²) in [7, 11) is 1.64. The van der Waals surface area contributed by atoms with Crippen LogP contribution in [0.2, 0.25) is 0 Å². The lowest BCUT2D eigenvalue weighted by Gasteiger charge is -2.06. The van der Waals surface area contributed by atoms with Gasteiger partial charge in [0.05, 0.1) is 18.3 Å². The first kappa shape index (κ1) is 13.8. The van der Waals surface area contributed by atoms with Gasteiger partial charge in [-0.25, -0.2) is 9.97 Å². The molecule has 0 spiro atoms. The van der Waals surface area contributed by atoms with E-state index in [1.165, 1.54) is 0 Å². The van der Waals surface area contributed by atoms with Gasteiger partial charge in [0.2, 0.25) is 0 Å². The van der Waals surface area contributed by atoms with E-state index >= 15 is 0 Å². The van der Waals surface area contributed by atoms with Crippen LogP contribution < -0.4 is 10.5 Å². The summed E-state index contributed by atoms with van der Waals surface area (Å²) in [6, 6.07) is 7.60. The van der Waals surface area contributed by atoms with E-state index in [9.17, 15) is 0 Å². The van der Waals surface area contributed by atoms with Gasteiger partial charge in [-0.05, 0) is 24.1 Å². The van der Waals surface area contributed by atoms with Crippen molar-refractivity contribution in [1.29, 1.82) is 0 Å². The SMILES string of the molecule is COc1ccc2c(N)cc(-c3nc(C(C)C)cs3)nc2c1. The van der Waals surface area contributed by atoms with Crippen LogP contribution in [0.1, 0.15) is 25.5 Å². The second kappa shape index (κ2) is 5.33. The van der Waals surface area contributed by atoms with Crippen molar-refractivity contribution in [3.63, 3.8) is 0 Å². The zero-order valence-corrected chi connectivity index (χ0v) is 13.1. The number of nitrogens with zero attached hydrogens (tertiary/aromatic N) is 2. The van der Waals surface area contributed by atoms with Crippen LogP contribution in [0.15, 0.2) is 29.6 Å². The van der Waals surface area contributed by atoms with E-state index in [0.717, 1.165) is 33.0 Å². The van der Waals surface area contributed by atoms with Crippen LogP contribution in [0.25, 0.3) is 21.6 Å². The van der Waals surface area contributed by atoms with Gasteiger partial charge in [-0.1, -0.05) is 13.8 Å². The van der Waals surface area contributed by atoms with Crippen molar-refractivity contribution in [2.24, 2.45) is 0 Å². The Hall–Kier alpha value is -2.14. The van der Waals surface area contributed by atoms with Crippen LogP contribution in [-0.4, -0.2) is 17.1 Å². The average Bonchev–Trinajstić information content (AvgIpc) is 2.96. The Labute approximate surface area is 127 Å². The van der Waals surface area contributed by atoms with Gasteiger partial charge in [0.15, 0.2) is 0 Å². The average molecular weight is 299 g/mol. The first-order valence-electron chi connectivity index (χ1n) is 6.78.